The molecule has 0 radical (unpaired) electrons. The number of hydrogen-bond donors (Lipinski definition) is 0. The van der Waals surface area contributed by atoms with E-state index in [9.17, 15) is 8.78 Å². The lowest BCUT2D eigenvalue weighted by molar-refractivity contribution is 0.252. The molecular formula is C10H10F2N2S3. The molecule has 0 atom stereocenters. The first kappa shape index (κ1) is 13.1. The van der Waals surface area contributed by atoms with Crippen molar-refractivity contribution in [1.29, 1.82) is 5.26 Å². The summed E-state index contributed by atoms with van der Waals surface area (Å²) in [5.41, 5.74) is 0.331. The molecule has 1 aliphatic carbocycles. The average molecular weight is 292 g/mol. The molecule has 7 heteroatoms. The molecule has 0 spiro atoms. The second-order valence-electron chi connectivity index (χ2n) is 3.66. The first-order valence-electron chi connectivity index (χ1n) is 5.22. The van der Waals surface area contributed by atoms with E-state index in [0.29, 0.717) is 22.6 Å². The van der Waals surface area contributed by atoms with Crippen molar-refractivity contribution in [2.24, 2.45) is 0 Å². The molecule has 1 heterocycles. The minimum atomic E-state index is -2.52. The maximum absolute atomic E-state index is 12.3. The van der Waals surface area contributed by atoms with Crippen molar-refractivity contribution in [1.82, 2.24) is 4.37 Å². The predicted octanol–water partition coefficient (Wildman–Crippen LogP) is 4.36. The smallest absolute Gasteiger partial charge is 0.198 e. The first-order chi connectivity index (χ1) is 8.20. The number of nitrogens with zero attached hydrogens (tertiary/aromatic N) is 2. The maximum atomic E-state index is 12.3. The van der Waals surface area contributed by atoms with Gasteiger partial charge in [-0.05, 0) is 36.1 Å². The van der Waals surface area contributed by atoms with E-state index < -0.39 is 5.76 Å². The molecule has 0 unspecified atom stereocenters. The summed E-state index contributed by atoms with van der Waals surface area (Å²) in [5.74, 6) is -2.52. The summed E-state index contributed by atoms with van der Waals surface area (Å²) < 4.78 is 29.3. The van der Waals surface area contributed by atoms with Crippen molar-refractivity contribution in [2.75, 3.05) is 0 Å². The quantitative estimate of drug-likeness (QED) is 0.772. The van der Waals surface area contributed by atoms with Crippen LogP contribution in [0.5, 0.6) is 0 Å². The minimum absolute atomic E-state index is 0.174. The molecule has 0 aliphatic heterocycles. The van der Waals surface area contributed by atoms with Crippen LogP contribution in [0.4, 0.5) is 8.78 Å². The van der Waals surface area contributed by atoms with Crippen LogP contribution in [-0.4, -0.2) is 15.4 Å². The normalized spacial score (nSPS) is 16.6. The van der Waals surface area contributed by atoms with Gasteiger partial charge in [-0.2, -0.15) is 18.4 Å². The maximum Gasteiger partial charge on any atom is 0.290 e. The van der Waals surface area contributed by atoms with Crippen LogP contribution in [0.3, 0.4) is 0 Å². The van der Waals surface area contributed by atoms with Gasteiger partial charge in [-0.25, -0.2) is 0 Å². The minimum Gasteiger partial charge on any atom is -0.198 e. The van der Waals surface area contributed by atoms with Gasteiger partial charge >= 0.3 is 0 Å². The van der Waals surface area contributed by atoms with Crippen LogP contribution in [0.25, 0.3) is 0 Å². The van der Waals surface area contributed by atoms with Crippen LogP contribution >= 0.6 is 35.1 Å². The number of rotatable bonds is 4. The molecular weight excluding hydrogens is 282 g/mol. The molecule has 0 amide bonds. The van der Waals surface area contributed by atoms with E-state index in [1.165, 1.54) is 24.4 Å². The summed E-state index contributed by atoms with van der Waals surface area (Å²) >= 11 is 3.15. The highest BCUT2D eigenvalue weighted by Gasteiger charge is 2.23. The molecule has 1 fully saturated rings. The summed E-state index contributed by atoms with van der Waals surface area (Å²) in [6.07, 6.45) is 4.73. The van der Waals surface area contributed by atoms with Crippen molar-refractivity contribution in [3.8, 4) is 6.07 Å². The lowest BCUT2D eigenvalue weighted by Crippen LogP contribution is -1.93. The Labute approximate surface area is 111 Å². The van der Waals surface area contributed by atoms with Crippen LogP contribution < -0.4 is 0 Å². The van der Waals surface area contributed by atoms with Crippen molar-refractivity contribution in [3.63, 3.8) is 0 Å². The monoisotopic (exact) mass is 292 g/mol. The highest BCUT2D eigenvalue weighted by atomic mass is 32.2. The largest absolute Gasteiger partial charge is 0.290 e. The van der Waals surface area contributed by atoms with Crippen molar-refractivity contribution in [3.05, 3.63) is 5.56 Å². The summed E-state index contributed by atoms with van der Waals surface area (Å²) in [7, 11) is 0. The number of hydrogen-bond acceptors (Lipinski definition) is 5. The highest BCUT2D eigenvalue weighted by molar-refractivity contribution is 8.02. The van der Waals surface area contributed by atoms with E-state index in [2.05, 4.69) is 4.37 Å². The van der Waals surface area contributed by atoms with Gasteiger partial charge in [-0.1, -0.05) is 12.8 Å². The zero-order valence-corrected chi connectivity index (χ0v) is 11.3. The molecule has 1 aliphatic rings. The Morgan fingerprint density at radius 2 is 2.12 bits per heavy atom. The third-order valence-electron chi connectivity index (χ3n) is 2.52. The van der Waals surface area contributed by atoms with Gasteiger partial charge in [-0.3, -0.25) is 0 Å². The van der Waals surface area contributed by atoms with Crippen LogP contribution in [0, 0.1) is 11.3 Å². The summed E-state index contributed by atoms with van der Waals surface area (Å²) in [4.78, 5) is 0. The topological polar surface area (TPSA) is 36.7 Å². The number of thioether (sulfide) groups is 2. The Hall–Kier alpha value is -0.320. The van der Waals surface area contributed by atoms with Crippen LogP contribution in [0.1, 0.15) is 31.2 Å². The first-order valence-corrected chi connectivity index (χ1v) is 7.75. The van der Waals surface area contributed by atoms with Gasteiger partial charge in [0.15, 0.2) is 0 Å². The van der Waals surface area contributed by atoms with E-state index in [1.54, 1.807) is 11.8 Å². The zero-order valence-electron chi connectivity index (χ0n) is 8.86. The number of alkyl halides is 2. The lowest BCUT2D eigenvalue weighted by atomic mass is 10.4. The third-order valence-corrected chi connectivity index (χ3v) is 5.71. The van der Waals surface area contributed by atoms with Gasteiger partial charge in [0.05, 0.1) is 4.21 Å². The van der Waals surface area contributed by atoms with Crippen molar-refractivity contribution in [2.45, 2.75) is 45.9 Å². The molecule has 17 heavy (non-hydrogen) atoms. The predicted molar refractivity (Wildman–Crippen MR) is 66.8 cm³/mol. The summed E-state index contributed by atoms with van der Waals surface area (Å²) in [6, 6.07) is 2.00. The van der Waals surface area contributed by atoms with Gasteiger partial charge in [0.25, 0.3) is 5.76 Å². The molecule has 0 saturated heterocycles. The summed E-state index contributed by atoms with van der Waals surface area (Å²) in [6.45, 7) is 0. The number of aromatic nitrogens is 1. The van der Waals surface area contributed by atoms with Gasteiger partial charge < -0.3 is 0 Å². The van der Waals surface area contributed by atoms with Crippen LogP contribution in [0.2, 0.25) is 0 Å². The van der Waals surface area contributed by atoms with Crippen LogP contribution in [-0.2, 0) is 0 Å². The Kier molecular flexibility index (Phi) is 4.65. The second-order valence-corrected chi connectivity index (χ2v) is 6.99. The Morgan fingerprint density at radius 1 is 1.41 bits per heavy atom. The molecule has 92 valence electrons. The van der Waals surface area contributed by atoms with Gasteiger partial charge in [0, 0.05) is 5.25 Å². The Morgan fingerprint density at radius 3 is 2.71 bits per heavy atom. The molecule has 2 rings (SSSR count). The van der Waals surface area contributed by atoms with Gasteiger partial charge in [-0.15, -0.1) is 11.8 Å². The number of nitriles is 1. The number of halogens is 2. The fourth-order valence-electron chi connectivity index (χ4n) is 1.76. The molecule has 0 bridgehead atoms. The Balaban J connectivity index is 2.11. The molecule has 2 nitrogen and oxygen atoms in total. The van der Waals surface area contributed by atoms with E-state index >= 15 is 0 Å². The van der Waals surface area contributed by atoms with Crippen molar-refractivity contribution < 1.29 is 8.78 Å². The molecule has 1 saturated carbocycles. The average Bonchev–Trinajstić information content (AvgIpc) is 2.89. The van der Waals surface area contributed by atoms with Gasteiger partial charge in [0.1, 0.15) is 16.7 Å². The second kappa shape index (κ2) is 6.03. The van der Waals surface area contributed by atoms with E-state index in [-0.39, 0.29) is 5.03 Å². The molecule has 1 aromatic rings. The molecule has 0 aromatic carbocycles. The van der Waals surface area contributed by atoms with Gasteiger partial charge in [0.2, 0.25) is 0 Å². The molecule has 0 N–H and O–H groups in total. The lowest BCUT2D eigenvalue weighted by Gasteiger charge is -2.05. The SMILES string of the molecule is N#Cc1c(SC(F)F)nsc1SC1CCCC1. The van der Waals surface area contributed by atoms with E-state index in [0.717, 1.165) is 17.1 Å². The van der Waals surface area contributed by atoms with Crippen LogP contribution in [0.15, 0.2) is 9.24 Å². The van der Waals surface area contributed by atoms with Crippen molar-refractivity contribution >= 4 is 35.1 Å². The standard InChI is InChI=1S/C10H10F2N2S3/c11-10(12)16-8-7(5-13)9(17-14-8)15-6-3-1-2-4-6/h6,10H,1-4H2. The summed E-state index contributed by atoms with van der Waals surface area (Å²) in [5, 5.41) is 9.71. The molecule has 1 aromatic heterocycles. The van der Waals surface area contributed by atoms with E-state index in [1.807, 2.05) is 6.07 Å². The Bertz CT molecular complexity index is 422. The fourth-order valence-corrected chi connectivity index (χ4v) is 4.92. The fraction of sp³-hybridized carbons (Fsp3) is 0.600. The highest BCUT2D eigenvalue weighted by Crippen LogP contribution is 2.41. The van der Waals surface area contributed by atoms with E-state index in [4.69, 9.17) is 5.26 Å². The zero-order chi connectivity index (χ0) is 12.3. The third kappa shape index (κ3) is 3.33.